The van der Waals surface area contributed by atoms with Crippen LogP contribution in [0.1, 0.15) is 35.0 Å². The van der Waals surface area contributed by atoms with Crippen molar-refractivity contribution >= 4 is 5.91 Å². The molecule has 0 aliphatic rings. The van der Waals surface area contributed by atoms with Crippen LogP contribution in [0.5, 0.6) is 0 Å². The number of hydrogen-bond acceptors (Lipinski definition) is 3. The molecule has 0 radical (unpaired) electrons. The van der Waals surface area contributed by atoms with Crippen molar-refractivity contribution in [3.05, 3.63) is 77.1 Å². The van der Waals surface area contributed by atoms with E-state index < -0.39 is 23.6 Å². The van der Waals surface area contributed by atoms with Gasteiger partial charge in [0.2, 0.25) is 5.82 Å². The summed E-state index contributed by atoms with van der Waals surface area (Å²) >= 11 is 0. The van der Waals surface area contributed by atoms with Crippen LogP contribution >= 0.6 is 0 Å². The van der Waals surface area contributed by atoms with E-state index in [2.05, 4.69) is 15.4 Å². The molecule has 1 N–H and O–H groups in total. The summed E-state index contributed by atoms with van der Waals surface area (Å²) in [4.78, 5) is 16.5. The number of aromatic nitrogens is 3. The smallest absolute Gasteiger partial charge is 0.291 e. The summed E-state index contributed by atoms with van der Waals surface area (Å²) in [6.45, 7) is 3.29. The lowest BCUT2D eigenvalue weighted by Gasteiger charge is -2.13. The van der Waals surface area contributed by atoms with E-state index in [9.17, 15) is 18.0 Å². The molecule has 26 heavy (non-hydrogen) atoms. The third-order valence-electron chi connectivity index (χ3n) is 3.83. The van der Waals surface area contributed by atoms with Crippen molar-refractivity contribution in [1.82, 2.24) is 20.1 Å². The fourth-order valence-corrected chi connectivity index (χ4v) is 2.44. The van der Waals surface area contributed by atoms with Crippen molar-refractivity contribution in [1.29, 1.82) is 0 Å². The first kappa shape index (κ1) is 17.7. The Morgan fingerprint density at radius 2 is 1.77 bits per heavy atom. The van der Waals surface area contributed by atoms with Gasteiger partial charge in [0.05, 0.1) is 11.7 Å². The number of benzene rings is 2. The normalized spacial score (nSPS) is 12.0. The van der Waals surface area contributed by atoms with E-state index in [1.54, 1.807) is 13.8 Å². The topological polar surface area (TPSA) is 59.8 Å². The van der Waals surface area contributed by atoms with E-state index >= 15 is 0 Å². The number of amides is 1. The lowest BCUT2D eigenvalue weighted by molar-refractivity contribution is 0.0929. The molecule has 0 fully saturated rings. The second-order valence-electron chi connectivity index (χ2n) is 5.74. The third-order valence-corrected chi connectivity index (χ3v) is 3.83. The molecular weight excluding hydrogens is 345 g/mol. The van der Waals surface area contributed by atoms with Crippen LogP contribution in [0.2, 0.25) is 0 Å². The summed E-state index contributed by atoms with van der Waals surface area (Å²) < 4.78 is 40.8. The predicted molar refractivity (Wildman–Crippen MR) is 88.3 cm³/mol. The number of carbonyl (C=O) groups is 1. The van der Waals surface area contributed by atoms with Gasteiger partial charge in [0.1, 0.15) is 11.6 Å². The highest BCUT2D eigenvalue weighted by molar-refractivity contribution is 5.90. The highest BCUT2D eigenvalue weighted by Crippen LogP contribution is 2.17. The Bertz CT molecular complexity index is 954. The van der Waals surface area contributed by atoms with Crippen LogP contribution in [-0.4, -0.2) is 20.7 Å². The molecule has 0 bridgehead atoms. The number of rotatable bonds is 4. The zero-order valence-corrected chi connectivity index (χ0v) is 14.0. The Hall–Kier alpha value is -3.16. The average Bonchev–Trinajstić information content (AvgIpc) is 3.00. The van der Waals surface area contributed by atoms with Crippen molar-refractivity contribution in [3.63, 3.8) is 0 Å². The highest BCUT2D eigenvalue weighted by atomic mass is 19.2. The van der Waals surface area contributed by atoms with E-state index in [4.69, 9.17) is 0 Å². The molecule has 0 aliphatic heterocycles. The molecule has 1 atom stereocenters. The van der Waals surface area contributed by atoms with E-state index in [-0.39, 0.29) is 11.6 Å². The number of hydrogen-bond donors (Lipinski definition) is 1. The van der Waals surface area contributed by atoms with Crippen LogP contribution in [0.15, 0.2) is 42.5 Å². The van der Waals surface area contributed by atoms with Gasteiger partial charge < -0.3 is 5.32 Å². The molecule has 0 unspecified atom stereocenters. The highest BCUT2D eigenvalue weighted by Gasteiger charge is 2.18. The largest absolute Gasteiger partial charge is 0.343 e. The minimum absolute atomic E-state index is 0.0822. The molecule has 1 aromatic heterocycles. The van der Waals surface area contributed by atoms with Crippen LogP contribution in [0, 0.1) is 24.4 Å². The fraction of sp³-hybridized carbons (Fsp3) is 0.167. The lowest BCUT2D eigenvalue weighted by atomic mass is 10.1. The number of nitrogens with one attached hydrogen (secondary N) is 1. The van der Waals surface area contributed by atoms with Crippen molar-refractivity contribution in [2.45, 2.75) is 19.9 Å². The molecule has 3 rings (SSSR count). The van der Waals surface area contributed by atoms with Crippen molar-refractivity contribution in [3.8, 4) is 5.69 Å². The molecule has 5 nitrogen and oxygen atoms in total. The average molecular weight is 360 g/mol. The Morgan fingerprint density at radius 3 is 2.42 bits per heavy atom. The van der Waals surface area contributed by atoms with Gasteiger partial charge in [-0.3, -0.25) is 4.79 Å². The van der Waals surface area contributed by atoms with E-state index in [1.165, 1.54) is 35.0 Å². The Kier molecular flexibility index (Phi) is 4.75. The van der Waals surface area contributed by atoms with Gasteiger partial charge in [0, 0.05) is 0 Å². The zero-order chi connectivity index (χ0) is 18.8. The molecule has 1 heterocycles. The maximum atomic E-state index is 13.3. The van der Waals surface area contributed by atoms with Crippen molar-refractivity contribution in [2.75, 3.05) is 0 Å². The Morgan fingerprint density at radius 1 is 1.08 bits per heavy atom. The van der Waals surface area contributed by atoms with E-state index in [1.807, 2.05) is 0 Å². The van der Waals surface area contributed by atoms with Gasteiger partial charge in [0.25, 0.3) is 5.91 Å². The molecule has 1 amide bonds. The summed E-state index contributed by atoms with van der Waals surface area (Å²) in [6, 6.07) is 8.43. The lowest BCUT2D eigenvalue weighted by Crippen LogP contribution is -2.28. The zero-order valence-electron chi connectivity index (χ0n) is 14.0. The number of nitrogens with zero attached hydrogens (tertiary/aromatic N) is 3. The van der Waals surface area contributed by atoms with Gasteiger partial charge in [-0.05, 0) is 55.8 Å². The van der Waals surface area contributed by atoms with Crippen LogP contribution in [0.3, 0.4) is 0 Å². The minimum Gasteiger partial charge on any atom is -0.343 e. The number of aryl methyl sites for hydroxylation is 1. The first-order valence-corrected chi connectivity index (χ1v) is 7.80. The summed E-state index contributed by atoms with van der Waals surface area (Å²) in [5, 5.41) is 6.76. The molecule has 0 aliphatic carbocycles. The molecule has 0 saturated carbocycles. The molecule has 3 aromatic rings. The van der Waals surface area contributed by atoms with E-state index in [0.717, 1.165) is 12.1 Å². The molecule has 0 spiro atoms. The Labute approximate surface area is 147 Å². The third kappa shape index (κ3) is 3.58. The Balaban J connectivity index is 1.78. The summed E-state index contributed by atoms with van der Waals surface area (Å²) in [7, 11) is 0. The standard InChI is InChI=1S/C18H15F3N4O/c1-10(12-3-8-15(20)16(21)9-12)22-18(26)17-23-11(2)25(24-17)14-6-4-13(19)5-7-14/h3-10H,1-2H3,(H,22,26)/t10-/m0/s1. The first-order valence-electron chi connectivity index (χ1n) is 7.80. The maximum Gasteiger partial charge on any atom is 0.291 e. The van der Waals surface area contributed by atoms with Crippen LogP contribution in [0.4, 0.5) is 13.2 Å². The predicted octanol–water partition coefficient (Wildman–Crippen LogP) is 3.48. The molecule has 0 saturated heterocycles. The van der Waals surface area contributed by atoms with Gasteiger partial charge in [-0.15, -0.1) is 5.10 Å². The summed E-state index contributed by atoms with van der Waals surface area (Å²) in [6.07, 6.45) is 0. The summed E-state index contributed by atoms with van der Waals surface area (Å²) in [5.41, 5.74) is 0.969. The monoisotopic (exact) mass is 360 g/mol. The molecule has 8 heteroatoms. The van der Waals surface area contributed by atoms with Crippen LogP contribution in [-0.2, 0) is 0 Å². The summed E-state index contributed by atoms with van der Waals surface area (Å²) in [5.74, 6) is -2.53. The van der Waals surface area contributed by atoms with Crippen molar-refractivity contribution in [2.24, 2.45) is 0 Å². The minimum atomic E-state index is -0.988. The quantitative estimate of drug-likeness (QED) is 0.775. The van der Waals surface area contributed by atoms with Gasteiger partial charge in [-0.1, -0.05) is 6.07 Å². The van der Waals surface area contributed by atoms with Crippen LogP contribution < -0.4 is 5.32 Å². The maximum absolute atomic E-state index is 13.3. The van der Waals surface area contributed by atoms with Crippen LogP contribution in [0.25, 0.3) is 5.69 Å². The molecule has 134 valence electrons. The SMILES string of the molecule is Cc1nc(C(=O)N[C@@H](C)c2ccc(F)c(F)c2)nn1-c1ccc(F)cc1. The molecule has 2 aromatic carbocycles. The second kappa shape index (κ2) is 6.99. The van der Waals surface area contributed by atoms with Crippen molar-refractivity contribution < 1.29 is 18.0 Å². The first-order chi connectivity index (χ1) is 12.3. The van der Waals surface area contributed by atoms with E-state index in [0.29, 0.717) is 17.1 Å². The van der Waals surface area contributed by atoms with Gasteiger partial charge >= 0.3 is 0 Å². The molecular formula is C18H15F3N4O. The second-order valence-corrected chi connectivity index (χ2v) is 5.74. The van der Waals surface area contributed by atoms with Gasteiger partial charge in [-0.2, -0.15) is 0 Å². The van der Waals surface area contributed by atoms with Gasteiger partial charge in [-0.25, -0.2) is 22.8 Å². The van der Waals surface area contributed by atoms with Gasteiger partial charge in [0.15, 0.2) is 11.6 Å². The fourth-order valence-electron chi connectivity index (χ4n) is 2.44. The number of carbonyl (C=O) groups excluding carboxylic acids is 1. The number of halogens is 3.